The zero-order valence-electron chi connectivity index (χ0n) is 13.9. The van der Waals surface area contributed by atoms with Crippen LogP contribution in [0.2, 0.25) is 0 Å². The number of rotatable bonds is 5. The average molecular weight is 323 g/mol. The topological polar surface area (TPSA) is 24.9 Å². The summed E-state index contributed by atoms with van der Waals surface area (Å²) in [5.74, 6) is 0.491. The minimum atomic E-state index is 0.214. The molecule has 0 aromatic carbocycles. The molecule has 2 heterocycles. The zero-order valence-corrected chi connectivity index (χ0v) is 15.5. The first kappa shape index (κ1) is 16.7. The molecule has 1 N–H and O–H groups in total. The van der Waals surface area contributed by atoms with Crippen molar-refractivity contribution in [2.75, 3.05) is 6.54 Å². The molecule has 2 aromatic heterocycles. The van der Waals surface area contributed by atoms with Gasteiger partial charge in [0.05, 0.1) is 11.7 Å². The van der Waals surface area contributed by atoms with Crippen LogP contribution in [0.15, 0.2) is 17.5 Å². The van der Waals surface area contributed by atoms with E-state index in [-0.39, 0.29) is 11.5 Å². The number of thiophene rings is 1. The van der Waals surface area contributed by atoms with E-state index in [1.807, 2.05) is 11.3 Å². The second-order valence-corrected chi connectivity index (χ2v) is 8.71. The summed E-state index contributed by atoms with van der Waals surface area (Å²) in [6.45, 7) is 14.3. The molecule has 0 aliphatic carbocycles. The molecular weight excluding hydrogens is 296 g/mol. The minimum absolute atomic E-state index is 0.214. The minimum Gasteiger partial charge on any atom is -0.304 e. The molecular formula is C17H26N2S2. The van der Waals surface area contributed by atoms with Crippen LogP contribution in [0, 0.1) is 0 Å². The van der Waals surface area contributed by atoms with E-state index < -0.39 is 0 Å². The molecule has 0 radical (unpaired) electrons. The van der Waals surface area contributed by atoms with Crippen molar-refractivity contribution in [3.63, 3.8) is 0 Å². The van der Waals surface area contributed by atoms with Crippen LogP contribution in [0.5, 0.6) is 0 Å². The Morgan fingerprint density at radius 2 is 1.95 bits per heavy atom. The second-order valence-electron chi connectivity index (χ2n) is 6.71. The van der Waals surface area contributed by atoms with E-state index in [1.165, 1.54) is 20.5 Å². The summed E-state index contributed by atoms with van der Waals surface area (Å²) in [7, 11) is 0. The van der Waals surface area contributed by atoms with E-state index in [4.69, 9.17) is 4.98 Å². The summed E-state index contributed by atoms with van der Waals surface area (Å²) >= 11 is 3.68. The molecule has 0 bridgehead atoms. The lowest BCUT2D eigenvalue weighted by Gasteiger charge is -2.17. The fourth-order valence-electron chi connectivity index (χ4n) is 2.12. The molecule has 0 saturated heterocycles. The quantitative estimate of drug-likeness (QED) is 0.805. The van der Waals surface area contributed by atoms with Gasteiger partial charge >= 0.3 is 0 Å². The highest BCUT2D eigenvalue weighted by Gasteiger charge is 2.22. The summed E-state index contributed by atoms with van der Waals surface area (Å²) in [5, 5.41) is 6.97. The first-order chi connectivity index (χ1) is 9.82. The number of hydrogen-bond acceptors (Lipinski definition) is 4. The molecule has 0 aliphatic rings. The van der Waals surface area contributed by atoms with E-state index in [0.29, 0.717) is 5.92 Å². The van der Waals surface area contributed by atoms with Gasteiger partial charge in [0.1, 0.15) is 5.01 Å². The van der Waals surface area contributed by atoms with Crippen molar-refractivity contribution >= 4 is 22.7 Å². The summed E-state index contributed by atoms with van der Waals surface area (Å²) in [6.07, 6.45) is 0. The van der Waals surface area contributed by atoms with Crippen molar-refractivity contribution in [2.24, 2.45) is 0 Å². The maximum absolute atomic E-state index is 4.84. The van der Waals surface area contributed by atoms with Gasteiger partial charge in [-0.05, 0) is 30.0 Å². The van der Waals surface area contributed by atoms with E-state index in [2.05, 4.69) is 64.4 Å². The number of aromatic nitrogens is 1. The van der Waals surface area contributed by atoms with Crippen molar-refractivity contribution in [2.45, 2.75) is 58.9 Å². The van der Waals surface area contributed by atoms with Gasteiger partial charge in [0, 0.05) is 15.1 Å². The van der Waals surface area contributed by atoms with Crippen molar-refractivity contribution in [3.05, 3.63) is 38.0 Å². The largest absolute Gasteiger partial charge is 0.304 e. The zero-order chi connectivity index (χ0) is 15.6. The third kappa shape index (κ3) is 3.93. The van der Waals surface area contributed by atoms with Gasteiger partial charge in [-0.15, -0.1) is 22.7 Å². The summed E-state index contributed by atoms with van der Waals surface area (Å²) in [6, 6.07) is 4.75. The molecule has 0 saturated carbocycles. The predicted molar refractivity (Wildman–Crippen MR) is 94.7 cm³/mol. The summed E-state index contributed by atoms with van der Waals surface area (Å²) < 4.78 is 0. The Hall–Kier alpha value is -0.710. The second kappa shape index (κ2) is 6.59. The first-order valence-electron chi connectivity index (χ1n) is 7.61. The molecule has 1 atom stereocenters. The highest BCUT2D eigenvalue weighted by molar-refractivity contribution is 7.13. The van der Waals surface area contributed by atoms with Crippen LogP contribution in [-0.2, 0) is 5.41 Å². The molecule has 2 aromatic rings. The molecule has 4 heteroatoms. The molecule has 2 nitrogen and oxygen atoms in total. The van der Waals surface area contributed by atoms with Gasteiger partial charge in [-0.1, -0.05) is 41.5 Å². The molecule has 2 rings (SSSR count). The molecule has 0 spiro atoms. The predicted octanol–water partition coefficient (Wildman–Crippen LogP) is 5.32. The summed E-state index contributed by atoms with van der Waals surface area (Å²) in [4.78, 5) is 7.64. The smallest absolute Gasteiger partial charge is 0.115 e. The number of thiazole rings is 1. The van der Waals surface area contributed by atoms with Crippen molar-refractivity contribution in [3.8, 4) is 0 Å². The van der Waals surface area contributed by atoms with Gasteiger partial charge in [0.2, 0.25) is 0 Å². The Morgan fingerprint density at radius 3 is 2.43 bits per heavy atom. The maximum Gasteiger partial charge on any atom is 0.115 e. The Bertz CT molecular complexity index is 576. The Balaban J connectivity index is 2.31. The number of nitrogens with one attached hydrogen (secondary N) is 1. The van der Waals surface area contributed by atoms with Crippen molar-refractivity contribution in [1.82, 2.24) is 10.3 Å². The Morgan fingerprint density at radius 1 is 1.24 bits per heavy atom. The van der Waals surface area contributed by atoms with Gasteiger partial charge in [0.15, 0.2) is 0 Å². The standard InChI is InChI=1S/C17H26N2S2/c1-7-18-15(16-19-12(10-20-16)11(2)3)13-8-9-14(21-13)17(4,5)6/h8-11,15,18H,7H2,1-6H3. The van der Waals surface area contributed by atoms with Crippen LogP contribution in [0.4, 0.5) is 0 Å². The van der Waals surface area contributed by atoms with Crippen molar-refractivity contribution < 1.29 is 0 Å². The fraction of sp³-hybridized carbons (Fsp3) is 0.588. The number of nitrogens with zero attached hydrogens (tertiary/aromatic N) is 1. The monoisotopic (exact) mass is 322 g/mol. The van der Waals surface area contributed by atoms with Gasteiger partial charge in [-0.25, -0.2) is 4.98 Å². The fourth-order valence-corrected chi connectivity index (χ4v) is 4.41. The third-order valence-electron chi connectivity index (χ3n) is 3.44. The maximum atomic E-state index is 4.84. The highest BCUT2D eigenvalue weighted by Crippen LogP contribution is 2.36. The summed E-state index contributed by atoms with van der Waals surface area (Å²) in [5.41, 5.74) is 1.41. The van der Waals surface area contributed by atoms with E-state index in [0.717, 1.165) is 6.54 Å². The molecule has 21 heavy (non-hydrogen) atoms. The Labute approximate surface area is 136 Å². The molecule has 0 aliphatic heterocycles. The van der Waals surface area contributed by atoms with Gasteiger partial charge in [-0.3, -0.25) is 0 Å². The van der Waals surface area contributed by atoms with Crippen LogP contribution in [0.3, 0.4) is 0 Å². The average Bonchev–Trinajstić information content (AvgIpc) is 3.04. The van der Waals surface area contributed by atoms with Gasteiger partial charge < -0.3 is 5.32 Å². The van der Waals surface area contributed by atoms with Crippen LogP contribution in [-0.4, -0.2) is 11.5 Å². The number of hydrogen-bond donors (Lipinski definition) is 1. The van der Waals surface area contributed by atoms with Crippen LogP contribution < -0.4 is 5.32 Å². The van der Waals surface area contributed by atoms with E-state index in [1.54, 1.807) is 11.3 Å². The molecule has 116 valence electrons. The lowest BCUT2D eigenvalue weighted by Crippen LogP contribution is -2.21. The lowest BCUT2D eigenvalue weighted by atomic mass is 9.95. The van der Waals surface area contributed by atoms with Crippen molar-refractivity contribution in [1.29, 1.82) is 0 Å². The SMILES string of the molecule is CCNC(c1ccc(C(C)(C)C)s1)c1nc(C(C)C)cs1. The highest BCUT2D eigenvalue weighted by atomic mass is 32.1. The molecule has 0 amide bonds. The van der Waals surface area contributed by atoms with E-state index >= 15 is 0 Å². The van der Waals surface area contributed by atoms with Crippen LogP contribution in [0.1, 0.15) is 74.0 Å². The van der Waals surface area contributed by atoms with Crippen LogP contribution >= 0.6 is 22.7 Å². The van der Waals surface area contributed by atoms with Gasteiger partial charge in [-0.2, -0.15) is 0 Å². The van der Waals surface area contributed by atoms with Crippen LogP contribution in [0.25, 0.3) is 0 Å². The third-order valence-corrected chi connectivity index (χ3v) is 5.94. The Kier molecular flexibility index (Phi) is 5.23. The lowest BCUT2D eigenvalue weighted by molar-refractivity contribution is 0.604. The molecule has 0 fully saturated rings. The molecule has 1 unspecified atom stereocenters. The first-order valence-corrected chi connectivity index (χ1v) is 9.31. The normalized spacial score (nSPS) is 13.9. The van der Waals surface area contributed by atoms with Gasteiger partial charge in [0.25, 0.3) is 0 Å². The van der Waals surface area contributed by atoms with E-state index in [9.17, 15) is 0 Å².